The number of carbonyl (C=O) groups excluding carboxylic acids is 5. The number of rotatable bonds is 11. The SMILES string of the molecule is CCCc1cc(C)[nH]c(=O)c1CNC(=O)c1cc(-c2ccc(N3CCN(Cc4ccc5c(c4F)C(=O)N(C4CCC(=O)NC4=O)C5=O)CC3)nc2)cc2c1cnn2C(C)C. The molecule has 0 saturated carbocycles. The van der Waals surface area contributed by atoms with Crippen molar-refractivity contribution >= 4 is 46.3 Å². The molecule has 3 aromatic heterocycles. The second kappa shape index (κ2) is 16.2. The van der Waals surface area contributed by atoms with E-state index in [9.17, 15) is 28.8 Å². The van der Waals surface area contributed by atoms with Crippen LogP contribution in [0.25, 0.3) is 22.0 Å². The van der Waals surface area contributed by atoms with Gasteiger partial charge in [-0.15, -0.1) is 0 Å². The largest absolute Gasteiger partial charge is 0.354 e. The molecule has 3 N–H and O–H groups in total. The van der Waals surface area contributed by atoms with Gasteiger partial charge in [-0.3, -0.25) is 48.6 Å². The predicted molar refractivity (Wildman–Crippen MR) is 221 cm³/mol. The highest BCUT2D eigenvalue weighted by atomic mass is 19.1. The van der Waals surface area contributed by atoms with Crippen LogP contribution in [0, 0.1) is 12.7 Å². The summed E-state index contributed by atoms with van der Waals surface area (Å²) in [4.78, 5) is 89.9. The Hall–Kier alpha value is -6.55. The maximum absolute atomic E-state index is 15.9. The smallest absolute Gasteiger partial charge is 0.265 e. The average Bonchev–Trinajstić information content (AvgIpc) is 3.77. The standard InChI is InChI=1S/C44H46FN9O6/c1-5-6-26-17-25(4)49-41(57)32(26)21-47-40(56)31-18-29(19-35-33(31)22-48-54(35)24(2)3)27-8-11-36(46-20-27)52-15-13-51(14-16-52)23-28-7-9-30-38(39(28)45)44(60)53(43(30)59)34-10-12-37(55)50-42(34)58/h7-9,11,17-20,22,24,34H,5-6,10,12-16,21,23H2,1-4H3,(H,47,56)(H,49,57)(H,50,55,58). The zero-order valence-electron chi connectivity index (χ0n) is 33.9. The van der Waals surface area contributed by atoms with E-state index in [-0.39, 0.29) is 60.1 Å². The van der Waals surface area contributed by atoms with Gasteiger partial charge >= 0.3 is 0 Å². The molecule has 0 aliphatic carbocycles. The van der Waals surface area contributed by atoms with E-state index in [1.165, 1.54) is 12.1 Å². The summed E-state index contributed by atoms with van der Waals surface area (Å²) in [5.74, 6) is -3.18. The first kappa shape index (κ1) is 40.2. The van der Waals surface area contributed by atoms with Gasteiger partial charge in [-0.2, -0.15) is 5.10 Å². The molecule has 3 aliphatic rings. The van der Waals surface area contributed by atoms with Gasteiger partial charge in [0.15, 0.2) is 0 Å². The summed E-state index contributed by atoms with van der Waals surface area (Å²) in [6, 6.07) is 11.5. The first-order chi connectivity index (χ1) is 28.8. The number of hydrogen-bond donors (Lipinski definition) is 3. The lowest BCUT2D eigenvalue weighted by Crippen LogP contribution is -2.54. The number of piperazine rings is 1. The number of aromatic amines is 1. The van der Waals surface area contributed by atoms with E-state index >= 15 is 4.39 Å². The highest BCUT2D eigenvalue weighted by molar-refractivity contribution is 6.23. The van der Waals surface area contributed by atoms with Gasteiger partial charge in [-0.1, -0.05) is 19.4 Å². The maximum Gasteiger partial charge on any atom is 0.265 e. The number of amides is 5. The molecule has 1 unspecified atom stereocenters. The lowest BCUT2D eigenvalue weighted by atomic mass is 10.00. The normalized spacial score (nSPS) is 17.2. The Bertz CT molecular complexity index is 2630. The van der Waals surface area contributed by atoms with Crippen LogP contribution >= 0.6 is 0 Å². The van der Waals surface area contributed by atoms with Gasteiger partial charge in [-0.05, 0) is 81.1 Å². The third-order valence-corrected chi connectivity index (χ3v) is 11.6. The number of benzene rings is 2. The summed E-state index contributed by atoms with van der Waals surface area (Å²) < 4.78 is 17.8. The number of aromatic nitrogens is 4. The monoisotopic (exact) mass is 815 g/mol. The molecule has 2 aromatic carbocycles. The first-order valence-corrected chi connectivity index (χ1v) is 20.3. The fourth-order valence-corrected chi connectivity index (χ4v) is 8.45. The van der Waals surface area contributed by atoms with Crippen molar-refractivity contribution in [2.45, 2.75) is 78.6 Å². The molecular formula is C44H46FN9O6. The number of piperidine rings is 1. The minimum Gasteiger partial charge on any atom is -0.354 e. The molecule has 2 saturated heterocycles. The number of nitrogens with zero attached hydrogens (tertiary/aromatic N) is 6. The summed E-state index contributed by atoms with van der Waals surface area (Å²) in [6.07, 6.45) is 5.05. The molecule has 5 aromatic rings. The van der Waals surface area contributed by atoms with Gasteiger partial charge in [0.2, 0.25) is 11.8 Å². The van der Waals surface area contributed by atoms with Gasteiger partial charge in [0.05, 0.1) is 28.4 Å². The number of hydrogen-bond acceptors (Lipinski definition) is 10. The lowest BCUT2D eigenvalue weighted by Gasteiger charge is -2.35. The van der Waals surface area contributed by atoms with Gasteiger partial charge in [-0.25, -0.2) is 9.37 Å². The van der Waals surface area contributed by atoms with E-state index in [1.807, 2.05) is 55.8 Å². The van der Waals surface area contributed by atoms with Crippen molar-refractivity contribution in [1.82, 2.24) is 40.2 Å². The fraction of sp³-hybridized carbons (Fsp3) is 0.364. The number of nitrogens with one attached hydrogen (secondary N) is 3. The molecule has 3 aliphatic heterocycles. The quantitative estimate of drug-likeness (QED) is 0.162. The van der Waals surface area contributed by atoms with Gasteiger partial charge < -0.3 is 15.2 Å². The van der Waals surface area contributed by atoms with Crippen LogP contribution in [0.5, 0.6) is 0 Å². The Kier molecular flexibility index (Phi) is 10.9. The number of pyridine rings is 2. The van der Waals surface area contributed by atoms with Crippen molar-refractivity contribution < 1.29 is 28.4 Å². The Morgan fingerprint density at radius 3 is 2.43 bits per heavy atom. The molecule has 60 heavy (non-hydrogen) atoms. The van der Waals surface area contributed by atoms with Crippen LogP contribution in [0.1, 0.15) is 99.5 Å². The molecule has 310 valence electrons. The maximum atomic E-state index is 15.9. The summed E-state index contributed by atoms with van der Waals surface area (Å²) in [5, 5.41) is 10.4. The summed E-state index contributed by atoms with van der Waals surface area (Å²) in [7, 11) is 0. The van der Waals surface area contributed by atoms with Crippen molar-refractivity contribution in [1.29, 1.82) is 0 Å². The molecule has 2 fully saturated rings. The van der Waals surface area contributed by atoms with Crippen LogP contribution in [0.2, 0.25) is 0 Å². The van der Waals surface area contributed by atoms with Crippen molar-refractivity contribution in [2.75, 3.05) is 31.1 Å². The summed E-state index contributed by atoms with van der Waals surface area (Å²) in [6.45, 7) is 10.6. The van der Waals surface area contributed by atoms with Crippen molar-refractivity contribution in [3.05, 3.63) is 110 Å². The Morgan fingerprint density at radius 2 is 1.73 bits per heavy atom. The predicted octanol–water partition coefficient (Wildman–Crippen LogP) is 4.42. The molecular weight excluding hydrogens is 770 g/mol. The van der Waals surface area contributed by atoms with Crippen molar-refractivity contribution in [2.24, 2.45) is 0 Å². The molecule has 0 radical (unpaired) electrons. The van der Waals surface area contributed by atoms with Gasteiger partial charge in [0, 0.05) is 85.7 Å². The average molecular weight is 816 g/mol. The van der Waals surface area contributed by atoms with Crippen LogP contribution in [0.3, 0.4) is 0 Å². The Labute approximate surface area is 344 Å². The number of halogens is 1. The zero-order chi connectivity index (χ0) is 42.4. The Morgan fingerprint density at radius 1 is 0.950 bits per heavy atom. The van der Waals surface area contributed by atoms with Gasteiger partial charge in [0.1, 0.15) is 17.7 Å². The van der Waals surface area contributed by atoms with Crippen LogP contribution in [-0.4, -0.2) is 91.3 Å². The van der Waals surface area contributed by atoms with E-state index in [1.54, 1.807) is 12.4 Å². The fourth-order valence-electron chi connectivity index (χ4n) is 8.45. The molecule has 8 rings (SSSR count). The second-order valence-corrected chi connectivity index (χ2v) is 15.9. The van der Waals surface area contributed by atoms with Crippen molar-refractivity contribution in [3.8, 4) is 11.1 Å². The number of anilines is 1. The van der Waals surface area contributed by atoms with E-state index in [2.05, 4.69) is 37.4 Å². The molecule has 15 nitrogen and oxygen atoms in total. The third-order valence-electron chi connectivity index (χ3n) is 11.6. The highest BCUT2D eigenvalue weighted by Gasteiger charge is 2.46. The molecule has 1 atom stereocenters. The number of fused-ring (bicyclic) bond motifs is 2. The van der Waals surface area contributed by atoms with Crippen LogP contribution in [-0.2, 0) is 29.1 Å². The first-order valence-electron chi connectivity index (χ1n) is 20.3. The lowest BCUT2D eigenvalue weighted by molar-refractivity contribution is -0.136. The second-order valence-electron chi connectivity index (χ2n) is 15.9. The van der Waals surface area contributed by atoms with E-state index in [0.717, 1.165) is 51.5 Å². The minimum atomic E-state index is -1.17. The summed E-state index contributed by atoms with van der Waals surface area (Å²) in [5.41, 5.74) is 4.72. The van der Waals surface area contributed by atoms with E-state index < -0.39 is 35.5 Å². The number of carbonyl (C=O) groups is 5. The van der Waals surface area contributed by atoms with Crippen molar-refractivity contribution in [3.63, 3.8) is 0 Å². The van der Waals surface area contributed by atoms with Gasteiger partial charge in [0.25, 0.3) is 23.3 Å². The molecule has 6 heterocycles. The van der Waals surface area contributed by atoms with Crippen LogP contribution < -0.4 is 21.1 Å². The molecule has 0 bridgehead atoms. The molecule has 5 amide bonds. The van der Waals surface area contributed by atoms with E-state index in [0.29, 0.717) is 42.7 Å². The highest BCUT2D eigenvalue weighted by Crippen LogP contribution is 2.33. The van der Waals surface area contributed by atoms with Crippen LogP contribution in [0.15, 0.2) is 59.7 Å². The molecule has 0 spiro atoms. The third kappa shape index (κ3) is 7.46. The minimum absolute atomic E-state index is 0.00714. The molecule has 16 heteroatoms. The number of imide groups is 2. The van der Waals surface area contributed by atoms with Crippen LogP contribution in [0.4, 0.5) is 10.2 Å². The number of aryl methyl sites for hydroxylation is 2. The summed E-state index contributed by atoms with van der Waals surface area (Å²) >= 11 is 0. The Balaban J connectivity index is 0.951. The van der Waals surface area contributed by atoms with E-state index in [4.69, 9.17) is 4.98 Å². The number of H-pyrrole nitrogens is 1. The topological polar surface area (TPSA) is 183 Å². The zero-order valence-corrected chi connectivity index (χ0v) is 33.9.